The molecule has 4 heteroatoms. The van der Waals surface area contributed by atoms with E-state index in [1.54, 1.807) is 11.3 Å². The fourth-order valence-corrected chi connectivity index (χ4v) is 1.80. The lowest BCUT2D eigenvalue weighted by molar-refractivity contribution is 0.269. The van der Waals surface area contributed by atoms with Crippen LogP contribution < -0.4 is 5.32 Å². The van der Waals surface area contributed by atoms with Gasteiger partial charge in [0.25, 0.3) is 0 Å². The van der Waals surface area contributed by atoms with Crippen LogP contribution in [0.25, 0.3) is 0 Å². The van der Waals surface area contributed by atoms with E-state index < -0.39 is 0 Å². The van der Waals surface area contributed by atoms with Crippen LogP contribution in [0.15, 0.2) is 6.20 Å². The summed E-state index contributed by atoms with van der Waals surface area (Å²) in [6, 6.07) is 0.368. The number of hydrogen-bond acceptors (Lipinski definition) is 4. The van der Waals surface area contributed by atoms with Crippen LogP contribution in [0.4, 0.5) is 0 Å². The molecule has 0 aliphatic carbocycles. The Bertz CT molecular complexity index is 250. The number of nitrogens with one attached hydrogen (secondary N) is 1. The Morgan fingerprint density at radius 1 is 1.69 bits per heavy atom. The van der Waals surface area contributed by atoms with Crippen molar-refractivity contribution < 1.29 is 5.11 Å². The second-order valence-electron chi connectivity index (χ2n) is 3.14. The average molecular weight is 200 g/mol. The van der Waals surface area contributed by atoms with Crippen molar-refractivity contribution in [3.63, 3.8) is 0 Å². The third-order valence-electron chi connectivity index (χ3n) is 1.86. The molecule has 0 saturated carbocycles. The minimum Gasteiger partial charge on any atom is -0.396 e. The molecule has 0 bridgehead atoms. The lowest BCUT2D eigenvalue weighted by atomic mass is 10.2. The van der Waals surface area contributed by atoms with Crippen LogP contribution in [-0.4, -0.2) is 22.7 Å². The van der Waals surface area contributed by atoms with Crippen LogP contribution in [0.3, 0.4) is 0 Å². The normalized spacial score (nSPS) is 13.2. The first-order chi connectivity index (χ1) is 6.22. The van der Waals surface area contributed by atoms with Crippen molar-refractivity contribution in [1.82, 2.24) is 10.3 Å². The molecule has 1 aromatic heterocycles. The maximum absolute atomic E-state index is 8.69. The van der Waals surface area contributed by atoms with Gasteiger partial charge in [-0.3, -0.25) is 0 Å². The number of nitrogens with zero attached hydrogens (tertiary/aromatic N) is 1. The predicted octanol–water partition coefficient (Wildman–Crippen LogP) is 1.31. The van der Waals surface area contributed by atoms with E-state index in [9.17, 15) is 0 Å². The largest absolute Gasteiger partial charge is 0.396 e. The number of aryl methyl sites for hydroxylation is 1. The summed E-state index contributed by atoms with van der Waals surface area (Å²) in [5, 5.41) is 13.1. The summed E-state index contributed by atoms with van der Waals surface area (Å²) >= 11 is 1.71. The van der Waals surface area contributed by atoms with Crippen molar-refractivity contribution in [3.8, 4) is 0 Å². The summed E-state index contributed by atoms with van der Waals surface area (Å²) < 4.78 is 0. The molecule has 1 heterocycles. The molecular formula is C9H16N2OS. The first-order valence-corrected chi connectivity index (χ1v) is 5.29. The van der Waals surface area contributed by atoms with Gasteiger partial charge in [-0.1, -0.05) is 0 Å². The maximum Gasteiger partial charge on any atom is 0.0897 e. The second kappa shape index (κ2) is 5.32. The Kier molecular flexibility index (Phi) is 4.35. The highest BCUT2D eigenvalue weighted by Gasteiger charge is 2.02. The quantitative estimate of drug-likeness (QED) is 0.753. The van der Waals surface area contributed by atoms with Gasteiger partial charge >= 0.3 is 0 Å². The summed E-state index contributed by atoms with van der Waals surface area (Å²) in [5.41, 5.74) is 0. The molecule has 1 rings (SSSR count). The number of thiazole rings is 1. The van der Waals surface area contributed by atoms with Crippen molar-refractivity contribution in [3.05, 3.63) is 16.1 Å². The Morgan fingerprint density at radius 3 is 3.00 bits per heavy atom. The molecule has 0 fully saturated rings. The molecule has 1 atom stereocenters. The van der Waals surface area contributed by atoms with Gasteiger partial charge in [-0.25, -0.2) is 4.98 Å². The monoisotopic (exact) mass is 200 g/mol. The van der Waals surface area contributed by atoms with E-state index >= 15 is 0 Å². The summed E-state index contributed by atoms with van der Waals surface area (Å²) in [7, 11) is 0. The van der Waals surface area contributed by atoms with Crippen LogP contribution in [-0.2, 0) is 6.54 Å². The summed E-state index contributed by atoms with van der Waals surface area (Å²) in [6.07, 6.45) is 2.70. The molecular weight excluding hydrogens is 184 g/mol. The minimum atomic E-state index is 0.246. The van der Waals surface area contributed by atoms with Crippen LogP contribution in [0.1, 0.15) is 23.2 Å². The van der Waals surface area contributed by atoms with Crippen molar-refractivity contribution in [2.45, 2.75) is 32.9 Å². The van der Waals surface area contributed by atoms with Gasteiger partial charge in [0.1, 0.15) is 0 Å². The van der Waals surface area contributed by atoms with Crippen molar-refractivity contribution >= 4 is 11.3 Å². The molecule has 0 spiro atoms. The van der Waals surface area contributed by atoms with Gasteiger partial charge < -0.3 is 10.4 Å². The number of aliphatic hydroxyl groups excluding tert-OH is 1. The van der Waals surface area contributed by atoms with E-state index in [1.807, 2.05) is 13.1 Å². The fourth-order valence-electron chi connectivity index (χ4n) is 1.06. The first-order valence-electron chi connectivity index (χ1n) is 4.48. The number of aromatic nitrogens is 1. The fraction of sp³-hybridized carbons (Fsp3) is 0.667. The van der Waals surface area contributed by atoms with Crippen LogP contribution >= 0.6 is 11.3 Å². The van der Waals surface area contributed by atoms with Gasteiger partial charge in [-0.05, 0) is 20.3 Å². The van der Waals surface area contributed by atoms with E-state index in [0.29, 0.717) is 6.04 Å². The summed E-state index contributed by atoms with van der Waals surface area (Å²) in [4.78, 5) is 5.42. The Balaban J connectivity index is 2.26. The second-order valence-corrected chi connectivity index (χ2v) is 4.46. The maximum atomic E-state index is 8.69. The van der Waals surface area contributed by atoms with Crippen LogP contribution in [0, 0.1) is 6.92 Å². The smallest absolute Gasteiger partial charge is 0.0897 e. The topological polar surface area (TPSA) is 45.2 Å². The van der Waals surface area contributed by atoms with E-state index in [2.05, 4.69) is 17.2 Å². The predicted molar refractivity (Wildman–Crippen MR) is 54.9 cm³/mol. The van der Waals surface area contributed by atoms with Gasteiger partial charge in [0.15, 0.2) is 0 Å². The SMILES string of the molecule is Cc1ncc(CN[C@H](C)CCO)s1. The van der Waals surface area contributed by atoms with Crippen LogP contribution in [0.5, 0.6) is 0 Å². The Labute approximate surface area is 82.8 Å². The zero-order chi connectivity index (χ0) is 9.68. The third-order valence-corrected chi connectivity index (χ3v) is 2.77. The van der Waals surface area contributed by atoms with Gasteiger partial charge in [0.05, 0.1) is 5.01 Å². The zero-order valence-corrected chi connectivity index (χ0v) is 8.90. The van der Waals surface area contributed by atoms with E-state index in [-0.39, 0.29) is 6.61 Å². The molecule has 0 amide bonds. The summed E-state index contributed by atoms with van der Waals surface area (Å²) in [6.45, 7) is 5.18. The molecule has 2 N–H and O–H groups in total. The van der Waals surface area contributed by atoms with Gasteiger partial charge in [-0.2, -0.15) is 0 Å². The highest BCUT2D eigenvalue weighted by molar-refractivity contribution is 7.11. The zero-order valence-electron chi connectivity index (χ0n) is 8.08. The number of hydrogen-bond donors (Lipinski definition) is 2. The van der Waals surface area contributed by atoms with Gasteiger partial charge in [-0.15, -0.1) is 11.3 Å². The lowest BCUT2D eigenvalue weighted by Crippen LogP contribution is -2.25. The van der Waals surface area contributed by atoms with Gasteiger partial charge in [0.2, 0.25) is 0 Å². The number of aliphatic hydroxyl groups is 1. The average Bonchev–Trinajstić information content (AvgIpc) is 2.49. The first kappa shape index (κ1) is 10.6. The minimum absolute atomic E-state index is 0.246. The highest BCUT2D eigenvalue weighted by atomic mass is 32.1. The number of rotatable bonds is 5. The molecule has 1 aromatic rings. The Morgan fingerprint density at radius 2 is 2.46 bits per heavy atom. The van der Waals surface area contributed by atoms with Gasteiger partial charge in [0, 0.05) is 30.3 Å². The van der Waals surface area contributed by atoms with Crippen molar-refractivity contribution in [2.75, 3.05) is 6.61 Å². The lowest BCUT2D eigenvalue weighted by Gasteiger charge is -2.10. The molecule has 13 heavy (non-hydrogen) atoms. The summed E-state index contributed by atoms with van der Waals surface area (Å²) in [5.74, 6) is 0. The molecule has 0 unspecified atom stereocenters. The molecule has 0 radical (unpaired) electrons. The molecule has 0 aliphatic heterocycles. The highest BCUT2D eigenvalue weighted by Crippen LogP contribution is 2.11. The van der Waals surface area contributed by atoms with Crippen LogP contribution in [0.2, 0.25) is 0 Å². The molecule has 0 aromatic carbocycles. The Hall–Kier alpha value is -0.450. The standard InChI is InChI=1S/C9H16N2OS/c1-7(3-4-12)10-5-9-6-11-8(2)13-9/h6-7,10,12H,3-5H2,1-2H3/t7-/m1/s1. The van der Waals surface area contributed by atoms with Crippen molar-refractivity contribution in [2.24, 2.45) is 0 Å². The van der Waals surface area contributed by atoms with Crippen molar-refractivity contribution in [1.29, 1.82) is 0 Å². The van der Waals surface area contributed by atoms with E-state index in [4.69, 9.17) is 5.11 Å². The molecule has 0 aliphatic rings. The van der Waals surface area contributed by atoms with E-state index in [1.165, 1.54) is 4.88 Å². The molecule has 3 nitrogen and oxygen atoms in total. The van der Waals surface area contributed by atoms with E-state index in [0.717, 1.165) is 18.0 Å². The molecule has 74 valence electrons. The third kappa shape index (κ3) is 3.85. The molecule has 0 saturated heterocycles.